The fourth-order valence-corrected chi connectivity index (χ4v) is 2.58. The summed E-state index contributed by atoms with van der Waals surface area (Å²) in [5, 5.41) is 2.49. The number of rotatable bonds is 3. The number of carbonyl (C=O) groups is 2. The fraction of sp³-hybridized carbons (Fsp3) is 0.222. The van der Waals surface area contributed by atoms with Crippen molar-refractivity contribution in [3.8, 4) is 0 Å². The minimum absolute atomic E-state index is 0.243. The fourth-order valence-electron chi connectivity index (χ4n) is 2.58. The van der Waals surface area contributed by atoms with E-state index >= 15 is 0 Å². The molecule has 1 aliphatic heterocycles. The smallest absolute Gasteiger partial charge is 0.258 e. The Morgan fingerprint density at radius 1 is 1.00 bits per heavy atom. The summed E-state index contributed by atoms with van der Waals surface area (Å²) < 4.78 is 32.3. The molecule has 130 valence electrons. The van der Waals surface area contributed by atoms with Gasteiger partial charge in [0.25, 0.3) is 11.8 Å². The molecule has 25 heavy (non-hydrogen) atoms. The molecule has 0 aliphatic carbocycles. The third-order valence-electron chi connectivity index (χ3n) is 3.88. The van der Waals surface area contributed by atoms with E-state index in [4.69, 9.17) is 4.74 Å². The quantitative estimate of drug-likeness (QED) is 0.930. The summed E-state index contributed by atoms with van der Waals surface area (Å²) in [4.78, 5) is 26.5. The summed E-state index contributed by atoms with van der Waals surface area (Å²) in [7, 11) is 0. The zero-order chi connectivity index (χ0) is 17.8. The molecule has 0 radical (unpaired) electrons. The summed E-state index contributed by atoms with van der Waals surface area (Å²) in [6.07, 6.45) is 0. The highest BCUT2D eigenvalue weighted by Crippen LogP contribution is 2.20. The highest BCUT2D eigenvalue weighted by Gasteiger charge is 2.22. The van der Waals surface area contributed by atoms with Crippen LogP contribution in [-0.4, -0.2) is 43.0 Å². The van der Waals surface area contributed by atoms with Gasteiger partial charge in [-0.3, -0.25) is 9.59 Å². The number of amides is 2. The average molecular weight is 346 g/mol. The van der Waals surface area contributed by atoms with Gasteiger partial charge in [-0.05, 0) is 30.3 Å². The first-order chi connectivity index (χ1) is 12.1. The number of morpholine rings is 1. The minimum Gasteiger partial charge on any atom is -0.378 e. The third kappa shape index (κ3) is 3.83. The number of para-hydroxylation sites is 1. The number of hydrogen-bond acceptors (Lipinski definition) is 3. The second-order valence-electron chi connectivity index (χ2n) is 5.53. The first-order valence-electron chi connectivity index (χ1n) is 7.79. The molecule has 1 saturated heterocycles. The van der Waals surface area contributed by atoms with Crippen LogP contribution in [0.5, 0.6) is 0 Å². The van der Waals surface area contributed by atoms with Gasteiger partial charge in [0.1, 0.15) is 11.6 Å². The molecule has 0 unspecified atom stereocenters. The second kappa shape index (κ2) is 7.40. The Hall–Kier alpha value is -2.80. The van der Waals surface area contributed by atoms with Crippen molar-refractivity contribution in [1.29, 1.82) is 0 Å². The number of carbonyl (C=O) groups excluding carboxylic acids is 2. The molecule has 0 saturated carbocycles. The van der Waals surface area contributed by atoms with Crippen molar-refractivity contribution in [2.75, 3.05) is 31.6 Å². The van der Waals surface area contributed by atoms with Crippen LogP contribution in [0, 0.1) is 11.6 Å². The molecule has 5 nitrogen and oxygen atoms in total. The molecule has 0 spiro atoms. The third-order valence-corrected chi connectivity index (χ3v) is 3.88. The molecule has 2 aromatic carbocycles. The van der Waals surface area contributed by atoms with Crippen LogP contribution in [-0.2, 0) is 4.74 Å². The molecule has 1 aliphatic rings. The van der Waals surface area contributed by atoms with Gasteiger partial charge in [-0.2, -0.15) is 0 Å². The molecule has 3 rings (SSSR count). The Kier molecular flexibility index (Phi) is 5.04. The van der Waals surface area contributed by atoms with E-state index in [0.717, 1.165) is 18.2 Å². The number of nitrogens with zero attached hydrogens (tertiary/aromatic N) is 1. The standard InChI is InChI=1S/C18H16F2N2O3/c19-12-5-6-15(20)14(11-12)17(23)21-16-4-2-1-3-13(16)18(24)22-7-9-25-10-8-22/h1-6,11H,7-10H2,(H,21,23). The van der Waals surface area contributed by atoms with Gasteiger partial charge in [0.15, 0.2) is 0 Å². The number of halogens is 2. The molecule has 0 atom stereocenters. The molecule has 1 heterocycles. The summed E-state index contributed by atoms with van der Waals surface area (Å²) in [5.74, 6) is -2.63. The molecule has 0 aromatic heterocycles. The Morgan fingerprint density at radius 3 is 2.48 bits per heavy atom. The van der Waals surface area contributed by atoms with E-state index in [1.807, 2.05) is 0 Å². The minimum atomic E-state index is -0.837. The molecule has 0 bridgehead atoms. The number of anilines is 1. The normalized spacial score (nSPS) is 14.2. The number of hydrogen-bond donors (Lipinski definition) is 1. The maximum absolute atomic E-state index is 13.8. The highest BCUT2D eigenvalue weighted by molar-refractivity contribution is 6.09. The van der Waals surface area contributed by atoms with E-state index < -0.39 is 23.1 Å². The zero-order valence-electron chi connectivity index (χ0n) is 13.3. The summed E-state index contributed by atoms with van der Waals surface area (Å²) in [6, 6.07) is 9.08. The van der Waals surface area contributed by atoms with Crippen LogP contribution >= 0.6 is 0 Å². The van der Waals surface area contributed by atoms with Gasteiger partial charge >= 0.3 is 0 Å². The average Bonchev–Trinajstić information content (AvgIpc) is 2.64. The van der Waals surface area contributed by atoms with Crippen LogP contribution < -0.4 is 5.32 Å². The molecule has 2 aromatic rings. The molecule has 2 amide bonds. The topological polar surface area (TPSA) is 58.6 Å². The maximum Gasteiger partial charge on any atom is 0.258 e. The predicted octanol–water partition coefficient (Wildman–Crippen LogP) is 2.69. The lowest BCUT2D eigenvalue weighted by molar-refractivity contribution is 0.0303. The van der Waals surface area contributed by atoms with Gasteiger partial charge in [0.2, 0.25) is 0 Å². The molecular weight excluding hydrogens is 330 g/mol. The van der Waals surface area contributed by atoms with Gasteiger partial charge in [0, 0.05) is 13.1 Å². The van der Waals surface area contributed by atoms with Crippen molar-refractivity contribution in [3.63, 3.8) is 0 Å². The lowest BCUT2D eigenvalue weighted by Crippen LogP contribution is -2.41. The van der Waals surface area contributed by atoms with E-state index in [1.165, 1.54) is 0 Å². The van der Waals surface area contributed by atoms with Gasteiger partial charge in [-0.25, -0.2) is 8.78 Å². The van der Waals surface area contributed by atoms with Crippen LogP contribution in [0.25, 0.3) is 0 Å². The zero-order valence-corrected chi connectivity index (χ0v) is 13.3. The van der Waals surface area contributed by atoms with E-state index in [2.05, 4.69) is 5.32 Å². The van der Waals surface area contributed by atoms with Crippen molar-refractivity contribution in [2.24, 2.45) is 0 Å². The lowest BCUT2D eigenvalue weighted by atomic mass is 10.1. The molecule has 1 fully saturated rings. The first-order valence-corrected chi connectivity index (χ1v) is 7.79. The summed E-state index contributed by atoms with van der Waals surface area (Å²) >= 11 is 0. The van der Waals surface area contributed by atoms with Gasteiger partial charge in [-0.1, -0.05) is 12.1 Å². The van der Waals surface area contributed by atoms with Crippen LogP contribution in [0.3, 0.4) is 0 Å². The van der Waals surface area contributed by atoms with Gasteiger partial charge in [0.05, 0.1) is 30.0 Å². The molecule has 7 heteroatoms. The van der Waals surface area contributed by atoms with E-state index in [1.54, 1.807) is 29.2 Å². The number of ether oxygens (including phenoxy) is 1. The largest absolute Gasteiger partial charge is 0.378 e. The maximum atomic E-state index is 13.8. The van der Waals surface area contributed by atoms with Crippen molar-refractivity contribution in [3.05, 3.63) is 65.2 Å². The Labute approximate surface area is 143 Å². The number of nitrogens with one attached hydrogen (secondary N) is 1. The monoisotopic (exact) mass is 346 g/mol. The van der Waals surface area contributed by atoms with Crippen LogP contribution in [0.2, 0.25) is 0 Å². The number of benzene rings is 2. The second-order valence-corrected chi connectivity index (χ2v) is 5.53. The van der Waals surface area contributed by atoms with Crippen molar-refractivity contribution in [1.82, 2.24) is 4.90 Å². The van der Waals surface area contributed by atoms with Crippen molar-refractivity contribution < 1.29 is 23.1 Å². The Morgan fingerprint density at radius 2 is 1.72 bits per heavy atom. The van der Waals surface area contributed by atoms with Crippen molar-refractivity contribution in [2.45, 2.75) is 0 Å². The lowest BCUT2D eigenvalue weighted by Gasteiger charge is -2.27. The van der Waals surface area contributed by atoms with E-state index in [9.17, 15) is 18.4 Å². The highest BCUT2D eigenvalue weighted by atomic mass is 19.1. The predicted molar refractivity (Wildman–Crippen MR) is 87.5 cm³/mol. The molecule has 1 N–H and O–H groups in total. The summed E-state index contributed by atoms with van der Waals surface area (Å²) in [6.45, 7) is 1.82. The van der Waals surface area contributed by atoms with Gasteiger partial charge < -0.3 is 15.0 Å². The summed E-state index contributed by atoms with van der Waals surface area (Å²) in [5.41, 5.74) is 0.107. The van der Waals surface area contributed by atoms with E-state index in [-0.39, 0.29) is 17.2 Å². The molecular formula is C18H16F2N2O3. The van der Waals surface area contributed by atoms with Crippen molar-refractivity contribution >= 4 is 17.5 Å². The van der Waals surface area contributed by atoms with Crippen LogP contribution in [0.1, 0.15) is 20.7 Å². The van der Waals surface area contributed by atoms with Crippen LogP contribution in [0.15, 0.2) is 42.5 Å². The first kappa shape index (κ1) is 17.0. The van der Waals surface area contributed by atoms with E-state index in [0.29, 0.717) is 26.3 Å². The van der Waals surface area contributed by atoms with Gasteiger partial charge in [-0.15, -0.1) is 0 Å². The van der Waals surface area contributed by atoms with Crippen LogP contribution in [0.4, 0.5) is 14.5 Å². The Balaban J connectivity index is 1.84. The Bertz CT molecular complexity index is 805. The SMILES string of the molecule is O=C(Nc1ccccc1C(=O)N1CCOCC1)c1cc(F)ccc1F.